The van der Waals surface area contributed by atoms with Crippen LogP contribution in [0, 0.1) is 125 Å². The average Bonchev–Trinajstić information content (AvgIpc) is 0.838. The number of hydrogen-bond acceptors (Lipinski definition) is 0. The normalized spacial score (nSPS) is 10.8. The topological polar surface area (TPSA) is 0 Å². The number of aryl methyl sites for hydroxylation is 12. The highest BCUT2D eigenvalue weighted by Gasteiger charge is 2.10. The molecule has 0 fully saturated rings. The lowest BCUT2D eigenvalue weighted by Crippen LogP contribution is -1.98. The molecular weight excluding hydrogens is 1150 g/mol. The van der Waals surface area contributed by atoms with Gasteiger partial charge in [-0.2, -0.15) is 0 Å². The summed E-state index contributed by atoms with van der Waals surface area (Å²) in [6, 6.07) is 91.6. The van der Waals surface area contributed by atoms with E-state index in [-0.39, 0.29) is 0 Å². The van der Waals surface area contributed by atoms with E-state index < -0.39 is 0 Å². The van der Waals surface area contributed by atoms with E-state index in [4.69, 9.17) is 0 Å². The van der Waals surface area contributed by atoms with E-state index in [1.807, 2.05) is 0 Å². The van der Waals surface area contributed by atoms with Gasteiger partial charge in [-0.3, -0.25) is 0 Å². The summed E-state index contributed by atoms with van der Waals surface area (Å²) in [5.74, 6) is 0. The van der Waals surface area contributed by atoms with Crippen molar-refractivity contribution in [3.05, 3.63) is 355 Å². The van der Waals surface area contributed by atoms with Crippen LogP contribution in [-0.4, -0.2) is 0 Å². The van der Waals surface area contributed by atoms with Gasteiger partial charge < -0.3 is 0 Å². The maximum atomic E-state index is 2.30. The van der Waals surface area contributed by atoms with Gasteiger partial charge in [0.2, 0.25) is 0 Å². The predicted octanol–water partition coefficient (Wildman–Crippen LogP) is 27.7. The summed E-state index contributed by atoms with van der Waals surface area (Å²) in [5.41, 5.74) is 24.9. The smallest absolute Gasteiger partial charge is 0.0103 e. The minimum Gasteiger partial charge on any atom is -0.0620 e. The molecule has 16 aromatic carbocycles. The second kappa shape index (κ2) is 30.5. The Morgan fingerprint density at radius 3 is 0.948 bits per heavy atom. The standard InChI is InChI=1S/4C16H14.C12H12.C12H18.C8H10/c1-11-3-5-13-10-16-8-12(2)4-6-14(16)9-15(13)7-11;1-11-6-5-9-15-12(2)14-8-4-3-7-13(14)10-16(11)15;1-11-7-8-12(2)16-10-14-6-4-3-5-13(14)9-15(11)16;1-11-7-8-13-10-12(2)14-5-3-4-6-15(14)16(13)9-11;1-9-7-10(2)12-6-4-3-5-11(12)8-9;1-7-8(2)10(4)12(6)11(5)9(7)3;1-7-5-3-4-6-8(7)2/h4*3-10H,1-2H3;3-8H,1-2H3;1-6H3;3-6H,1-2H3. The van der Waals surface area contributed by atoms with E-state index in [0.717, 1.165) is 0 Å². The second-order valence-corrected chi connectivity index (χ2v) is 27.0. The van der Waals surface area contributed by atoms with Gasteiger partial charge in [0.15, 0.2) is 0 Å². The van der Waals surface area contributed by atoms with Crippen molar-refractivity contribution in [2.75, 3.05) is 0 Å². The second-order valence-electron chi connectivity index (χ2n) is 27.0. The van der Waals surface area contributed by atoms with Crippen molar-refractivity contribution in [2.24, 2.45) is 0 Å². The maximum absolute atomic E-state index is 2.30. The van der Waals surface area contributed by atoms with Crippen LogP contribution in [0.2, 0.25) is 0 Å². The lowest BCUT2D eigenvalue weighted by Gasteiger charge is -2.15. The Morgan fingerprint density at radius 2 is 0.448 bits per heavy atom. The van der Waals surface area contributed by atoms with Crippen molar-refractivity contribution in [1.82, 2.24) is 0 Å². The molecule has 0 heterocycles. The summed E-state index contributed by atoms with van der Waals surface area (Å²) in [6.07, 6.45) is 0. The molecule has 480 valence electrons. The Morgan fingerprint density at radius 1 is 0.125 bits per heavy atom. The molecular formula is C96H96. The van der Waals surface area contributed by atoms with E-state index in [2.05, 4.69) is 379 Å². The van der Waals surface area contributed by atoms with Crippen molar-refractivity contribution in [3.63, 3.8) is 0 Å². The molecule has 0 heteroatoms. The first-order valence-corrected chi connectivity index (χ1v) is 34.1. The first-order chi connectivity index (χ1) is 46.0. The van der Waals surface area contributed by atoms with E-state index in [1.54, 1.807) is 0 Å². The molecule has 0 nitrogen and oxygen atoms in total. The van der Waals surface area contributed by atoms with Crippen molar-refractivity contribution < 1.29 is 0 Å². The third-order valence-corrected chi connectivity index (χ3v) is 20.1. The number of hydrogen-bond donors (Lipinski definition) is 0. The van der Waals surface area contributed by atoms with Crippen LogP contribution < -0.4 is 0 Å². The molecule has 0 atom stereocenters. The van der Waals surface area contributed by atoms with Crippen LogP contribution in [0.1, 0.15) is 100 Å². The van der Waals surface area contributed by atoms with Crippen LogP contribution in [0.15, 0.2) is 255 Å². The van der Waals surface area contributed by atoms with Gasteiger partial charge in [-0.1, -0.05) is 247 Å². The Kier molecular flexibility index (Phi) is 21.8. The number of fused-ring (bicyclic) bond motifs is 10. The molecule has 0 aromatic heterocycles. The monoisotopic (exact) mass is 1250 g/mol. The highest BCUT2D eigenvalue weighted by molar-refractivity contribution is 6.09. The van der Waals surface area contributed by atoms with Crippen molar-refractivity contribution in [1.29, 1.82) is 0 Å². The minimum atomic E-state index is 1.32. The maximum Gasteiger partial charge on any atom is -0.0103 e. The molecule has 0 saturated heterocycles. The molecule has 0 radical (unpaired) electrons. The lowest BCUT2D eigenvalue weighted by molar-refractivity contribution is 1.13. The SMILES string of the molecule is Cc1c(C)c(C)c(C)c(C)c1C.Cc1cc(C)c2ccccc2c1.Cc1ccc(C)c2cc3ccccc3cc12.Cc1ccc2cc(C)c3ccccc3c2c1.Cc1ccc2cc3cc(C)ccc3cc2c1.Cc1cccc2c(C)c3ccccc3cc12.Cc1ccccc1C. The summed E-state index contributed by atoms with van der Waals surface area (Å²) >= 11 is 0. The third-order valence-electron chi connectivity index (χ3n) is 20.1. The zero-order valence-electron chi connectivity index (χ0n) is 60.2. The fraction of sp³-hybridized carbons (Fsp3) is 0.188. The quantitative estimate of drug-likeness (QED) is 0.105. The largest absolute Gasteiger partial charge is 0.0620 e. The van der Waals surface area contributed by atoms with Crippen LogP contribution in [0.25, 0.3) is 97.0 Å². The third kappa shape index (κ3) is 15.8. The van der Waals surface area contributed by atoms with E-state index >= 15 is 0 Å². The van der Waals surface area contributed by atoms with Crippen molar-refractivity contribution in [2.45, 2.75) is 125 Å². The van der Waals surface area contributed by atoms with Crippen LogP contribution >= 0.6 is 0 Å². The molecule has 16 aromatic rings. The number of rotatable bonds is 0. The van der Waals surface area contributed by atoms with Crippen LogP contribution in [-0.2, 0) is 0 Å². The molecule has 0 aliphatic carbocycles. The summed E-state index contributed by atoms with van der Waals surface area (Å²) in [7, 11) is 0. The van der Waals surface area contributed by atoms with E-state index in [9.17, 15) is 0 Å². The highest BCUT2D eigenvalue weighted by Crippen LogP contribution is 2.33. The molecule has 0 aliphatic heterocycles. The molecule has 16 rings (SSSR count). The predicted molar refractivity (Wildman–Crippen MR) is 428 cm³/mol. The summed E-state index contributed by atoms with van der Waals surface area (Å²) in [5, 5.41) is 24.3. The molecule has 0 amide bonds. The Labute approximate surface area is 573 Å². The Balaban J connectivity index is 0.000000123. The number of benzene rings is 16. The van der Waals surface area contributed by atoms with Crippen molar-refractivity contribution in [3.8, 4) is 0 Å². The Bertz CT molecular complexity index is 5220. The molecule has 96 heavy (non-hydrogen) atoms. The molecule has 0 aliphatic rings. The zero-order chi connectivity index (χ0) is 68.5. The molecule has 0 spiro atoms. The van der Waals surface area contributed by atoms with Crippen LogP contribution in [0.5, 0.6) is 0 Å². The average molecular weight is 1250 g/mol. The zero-order valence-corrected chi connectivity index (χ0v) is 60.2. The van der Waals surface area contributed by atoms with Gasteiger partial charge in [-0.05, 0) is 330 Å². The fourth-order valence-electron chi connectivity index (χ4n) is 13.5. The van der Waals surface area contributed by atoms with Gasteiger partial charge in [0, 0.05) is 0 Å². The Hall–Kier alpha value is -10.1. The van der Waals surface area contributed by atoms with E-state index in [0.29, 0.717) is 0 Å². The summed E-state index contributed by atoms with van der Waals surface area (Å²) in [6.45, 7) is 39.2. The van der Waals surface area contributed by atoms with E-state index in [1.165, 1.54) is 197 Å². The summed E-state index contributed by atoms with van der Waals surface area (Å²) < 4.78 is 0. The van der Waals surface area contributed by atoms with Gasteiger partial charge in [-0.15, -0.1) is 0 Å². The molecule has 0 saturated carbocycles. The van der Waals surface area contributed by atoms with Crippen LogP contribution in [0.4, 0.5) is 0 Å². The van der Waals surface area contributed by atoms with Gasteiger partial charge in [0.25, 0.3) is 0 Å². The van der Waals surface area contributed by atoms with Gasteiger partial charge in [-0.25, -0.2) is 0 Å². The van der Waals surface area contributed by atoms with Gasteiger partial charge >= 0.3 is 0 Å². The van der Waals surface area contributed by atoms with Gasteiger partial charge in [0.1, 0.15) is 0 Å². The molecule has 0 bridgehead atoms. The first-order valence-electron chi connectivity index (χ1n) is 34.1. The fourth-order valence-corrected chi connectivity index (χ4v) is 13.5. The molecule has 0 N–H and O–H groups in total. The first kappa shape index (κ1) is 68.7. The highest BCUT2D eigenvalue weighted by atomic mass is 14.1. The van der Waals surface area contributed by atoms with Crippen molar-refractivity contribution >= 4 is 97.0 Å². The minimum absolute atomic E-state index is 1.32. The summed E-state index contributed by atoms with van der Waals surface area (Å²) in [4.78, 5) is 0. The van der Waals surface area contributed by atoms with Crippen LogP contribution in [0.3, 0.4) is 0 Å². The van der Waals surface area contributed by atoms with Gasteiger partial charge in [0.05, 0.1) is 0 Å². The lowest BCUT2D eigenvalue weighted by atomic mass is 9.90. The molecule has 0 unspecified atom stereocenters.